The van der Waals surface area contributed by atoms with Crippen LogP contribution in [0.5, 0.6) is 0 Å². The molecule has 0 aromatic carbocycles. The number of urea groups is 1. The zero-order valence-corrected chi connectivity index (χ0v) is 11.4. The van der Waals surface area contributed by atoms with Gasteiger partial charge in [-0.25, -0.2) is 9.59 Å². The van der Waals surface area contributed by atoms with Gasteiger partial charge in [0.2, 0.25) is 0 Å². The largest absolute Gasteiger partial charge is 0.480 e. The first-order valence-corrected chi connectivity index (χ1v) is 6.43. The topological polar surface area (TPSA) is 88.1 Å². The number of morpholine rings is 1. The van der Waals surface area contributed by atoms with E-state index in [1.54, 1.807) is 12.0 Å². The van der Waals surface area contributed by atoms with E-state index in [1.807, 2.05) is 6.92 Å². The number of hydrogen-bond acceptors (Lipinski definition) is 4. The molecule has 2 unspecified atom stereocenters. The number of amides is 2. The van der Waals surface area contributed by atoms with Gasteiger partial charge in [0, 0.05) is 20.3 Å². The van der Waals surface area contributed by atoms with E-state index in [-0.39, 0.29) is 12.1 Å². The van der Waals surface area contributed by atoms with Crippen molar-refractivity contribution in [1.29, 1.82) is 0 Å². The second-order valence-electron chi connectivity index (χ2n) is 4.59. The van der Waals surface area contributed by atoms with Crippen LogP contribution < -0.4 is 5.32 Å². The van der Waals surface area contributed by atoms with Crippen molar-refractivity contribution < 1.29 is 24.2 Å². The molecule has 0 aromatic rings. The minimum absolute atomic E-state index is 0.0397. The van der Waals surface area contributed by atoms with Crippen molar-refractivity contribution >= 4 is 12.0 Å². The van der Waals surface area contributed by atoms with Crippen LogP contribution in [0.15, 0.2) is 0 Å². The van der Waals surface area contributed by atoms with Crippen molar-refractivity contribution in [3.63, 3.8) is 0 Å². The zero-order chi connectivity index (χ0) is 14.3. The standard InChI is InChI=1S/C12H22N2O5/c1-9-8-19-7-5-14(9)12(17)13-10(11(15)16)4-3-6-18-2/h9-10H,3-8H2,1-2H3,(H,13,17)(H,15,16). The lowest BCUT2D eigenvalue weighted by Gasteiger charge is -2.34. The van der Waals surface area contributed by atoms with Gasteiger partial charge in [-0.1, -0.05) is 0 Å². The highest BCUT2D eigenvalue weighted by Gasteiger charge is 2.27. The molecule has 7 nitrogen and oxygen atoms in total. The number of carboxylic acids is 1. The van der Waals surface area contributed by atoms with E-state index in [9.17, 15) is 9.59 Å². The van der Waals surface area contributed by atoms with Crippen LogP contribution in [0.1, 0.15) is 19.8 Å². The molecule has 7 heteroatoms. The maximum Gasteiger partial charge on any atom is 0.326 e. The van der Waals surface area contributed by atoms with E-state index < -0.39 is 12.0 Å². The summed E-state index contributed by atoms with van der Waals surface area (Å²) in [6.45, 7) is 3.80. The van der Waals surface area contributed by atoms with Crippen LogP contribution in [0.4, 0.5) is 4.79 Å². The number of rotatable bonds is 6. The Kier molecular flexibility index (Phi) is 6.58. The Labute approximate surface area is 112 Å². The molecule has 1 aliphatic rings. The van der Waals surface area contributed by atoms with Crippen molar-refractivity contribution in [1.82, 2.24) is 10.2 Å². The summed E-state index contributed by atoms with van der Waals surface area (Å²) in [4.78, 5) is 24.7. The number of ether oxygens (including phenoxy) is 2. The second kappa shape index (κ2) is 7.96. The van der Waals surface area contributed by atoms with Crippen LogP contribution in [-0.2, 0) is 14.3 Å². The molecule has 1 aliphatic heterocycles. The Balaban J connectivity index is 2.48. The molecule has 0 aromatic heterocycles. The Morgan fingerprint density at radius 3 is 2.89 bits per heavy atom. The Hall–Kier alpha value is -1.34. The number of nitrogens with one attached hydrogen (secondary N) is 1. The fraction of sp³-hybridized carbons (Fsp3) is 0.833. The van der Waals surface area contributed by atoms with E-state index in [1.165, 1.54) is 0 Å². The Morgan fingerprint density at radius 2 is 2.32 bits per heavy atom. The lowest BCUT2D eigenvalue weighted by Crippen LogP contribution is -2.54. The Bertz CT molecular complexity index is 310. The van der Waals surface area contributed by atoms with Crippen LogP contribution >= 0.6 is 0 Å². The molecule has 0 saturated carbocycles. The van der Waals surface area contributed by atoms with Crippen LogP contribution in [0.3, 0.4) is 0 Å². The van der Waals surface area contributed by atoms with Crippen molar-refractivity contribution in [2.75, 3.05) is 33.5 Å². The molecular weight excluding hydrogens is 252 g/mol. The number of methoxy groups -OCH3 is 1. The molecule has 0 aliphatic carbocycles. The van der Waals surface area contributed by atoms with E-state index in [2.05, 4.69) is 5.32 Å². The zero-order valence-electron chi connectivity index (χ0n) is 11.4. The highest BCUT2D eigenvalue weighted by Crippen LogP contribution is 2.07. The normalized spacial score (nSPS) is 20.9. The lowest BCUT2D eigenvalue weighted by molar-refractivity contribution is -0.139. The maximum absolute atomic E-state index is 12.0. The van der Waals surface area contributed by atoms with Gasteiger partial charge in [0.1, 0.15) is 6.04 Å². The first-order valence-electron chi connectivity index (χ1n) is 6.43. The average molecular weight is 274 g/mol. The molecule has 19 heavy (non-hydrogen) atoms. The van der Waals surface area contributed by atoms with Crippen LogP contribution in [-0.4, -0.2) is 67.6 Å². The van der Waals surface area contributed by atoms with Crippen LogP contribution in [0, 0.1) is 0 Å². The summed E-state index contributed by atoms with van der Waals surface area (Å²) in [5, 5.41) is 11.6. The maximum atomic E-state index is 12.0. The molecule has 1 saturated heterocycles. The molecular formula is C12H22N2O5. The number of carboxylic acid groups (broad SMARTS) is 1. The van der Waals surface area contributed by atoms with Gasteiger partial charge >= 0.3 is 12.0 Å². The third-order valence-electron chi connectivity index (χ3n) is 3.07. The summed E-state index contributed by atoms with van der Waals surface area (Å²) in [6.07, 6.45) is 0.944. The summed E-state index contributed by atoms with van der Waals surface area (Å²) < 4.78 is 10.1. The third-order valence-corrected chi connectivity index (χ3v) is 3.07. The number of hydrogen-bond donors (Lipinski definition) is 2. The Morgan fingerprint density at radius 1 is 1.58 bits per heavy atom. The van der Waals surface area contributed by atoms with E-state index in [0.717, 1.165) is 0 Å². The highest BCUT2D eigenvalue weighted by molar-refractivity contribution is 5.82. The average Bonchev–Trinajstić information content (AvgIpc) is 2.38. The second-order valence-corrected chi connectivity index (χ2v) is 4.59. The van der Waals surface area contributed by atoms with Crippen molar-refractivity contribution in [2.24, 2.45) is 0 Å². The van der Waals surface area contributed by atoms with Gasteiger partial charge < -0.3 is 24.8 Å². The van der Waals surface area contributed by atoms with Crippen molar-refractivity contribution in [3.8, 4) is 0 Å². The fourth-order valence-corrected chi connectivity index (χ4v) is 1.95. The molecule has 1 heterocycles. The van der Waals surface area contributed by atoms with Gasteiger partial charge in [-0.15, -0.1) is 0 Å². The number of carbonyl (C=O) groups is 2. The summed E-state index contributed by atoms with van der Waals surface area (Å²) in [6, 6.07) is -1.26. The molecule has 1 rings (SSSR count). The highest BCUT2D eigenvalue weighted by atomic mass is 16.5. The molecule has 2 atom stereocenters. The first-order chi connectivity index (χ1) is 9.06. The monoisotopic (exact) mass is 274 g/mol. The lowest BCUT2D eigenvalue weighted by atomic mass is 10.1. The van der Waals surface area contributed by atoms with Gasteiger partial charge in [-0.05, 0) is 19.8 Å². The predicted molar refractivity (Wildman–Crippen MR) is 68.1 cm³/mol. The third kappa shape index (κ3) is 5.04. The summed E-state index contributed by atoms with van der Waals surface area (Å²) in [5.74, 6) is -1.02. The van der Waals surface area contributed by atoms with Gasteiger partial charge in [0.15, 0.2) is 0 Å². The summed E-state index contributed by atoms with van der Waals surface area (Å²) >= 11 is 0. The summed E-state index contributed by atoms with van der Waals surface area (Å²) in [7, 11) is 1.56. The minimum Gasteiger partial charge on any atom is -0.480 e. The first kappa shape index (κ1) is 15.7. The smallest absolute Gasteiger partial charge is 0.326 e. The van der Waals surface area contributed by atoms with Crippen LogP contribution in [0.25, 0.3) is 0 Å². The van der Waals surface area contributed by atoms with E-state index >= 15 is 0 Å². The van der Waals surface area contributed by atoms with Gasteiger partial charge in [0.25, 0.3) is 0 Å². The van der Waals surface area contributed by atoms with E-state index in [4.69, 9.17) is 14.6 Å². The van der Waals surface area contributed by atoms with Crippen molar-refractivity contribution in [3.05, 3.63) is 0 Å². The number of carbonyl (C=O) groups excluding carboxylic acids is 1. The molecule has 0 spiro atoms. The summed E-state index contributed by atoms with van der Waals surface area (Å²) in [5.41, 5.74) is 0. The molecule has 1 fully saturated rings. The molecule has 2 N–H and O–H groups in total. The molecule has 2 amide bonds. The van der Waals surface area contributed by atoms with E-state index in [0.29, 0.717) is 39.2 Å². The molecule has 0 bridgehead atoms. The minimum atomic E-state index is -1.02. The van der Waals surface area contributed by atoms with Gasteiger partial charge in [-0.2, -0.15) is 0 Å². The number of nitrogens with zero attached hydrogens (tertiary/aromatic N) is 1. The fourth-order valence-electron chi connectivity index (χ4n) is 1.95. The van der Waals surface area contributed by atoms with Gasteiger partial charge in [0.05, 0.1) is 19.3 Å². The molecule has 0 radical (unpaired) electrons. The van der Waals surface area contributed by atoms with Crippen LogP contribution in [0.2, 0.25) is 0 Å². The molecule has 110 valence electrons. The SMILES string of the molecule is COCCCC(NC(=O)N1CCOCC1C)C(=O)O. The quantitative estimate of drug-likeness (QED) is 0.680. The van der Waals surface area contributed by atoms with Gasteiger partial charge in [-0.3, -0.25) is 0 Å². The van der Waals surface area contributed by atoms with Crippen molar-refractivity contribution in [2.45, 2.75) is 31.8 Å². The predicted octanol–water partition coefficient (Wildman–Crippen LogP) is 0.297. The number of aliphatic carboxylic acids is 1.